The molecule has 1 aromatic heterocycles. The molecule has 1 aliphatic rings. The second-order valence-corrected chi connectivity index (χ2v) is 7.53. The molecule has 2 heterocycles. The first-order valence-electron chi connectivity index (χ1n) is 9.62. The summed E-state index contributed by atoms with van der Waals surface area (Å²) in [5.74, 6) is 2.13. The van der Waals surface area contributed by atoms with Gasteiger partial charge < -0.3 is 19.7 Å². The average molecular weight is 373 g/mol. The van der Waals surface area contributed by atoms with Crippen LogP contribution in [-0.4, -0.2) is 49.8 Å². The second kappa shape index (κ2) is 8.31. The number of methoxy groups -OCH3 is 2. The molecule has 1 N–H and O–H groups in total. The van der Waals surface area contributed by atoms with Crippen molar-refractivity contribution in [2.24, 2.45) is 7.05 Å². The van der Waals surface area contributed by atoms with Gasteiger partial charge in [-0.3, -0.25) is 4.68 Å². The number of hydrogen-bond acceptors (Lipinski definition) is 5. The highest BCUT2D eigenvalue weighted by Gasteiger charge is 2.28. The first-order chi connectivity index (χ1) is 13.0. The van der Waals surface area contributed by atoms with Crippen molar-refractivity contribution >= 4 is 17.3 Å². The number of rotatable bonds is 7. The van der Waals surface area contributed by atoms with Crippen LogP contribution in [0, 0.1) is 20.8 Å². The van der Waals surface area contributed by atoms with Crippen LogP contribution in [0.4, 0.5) is 17.3 Å². The molecule has 6 nitrogen and oxygen atoms in total. The Morgan fingerprint density at radius 3 is 2.33 bits per heavy atom. The van der Waals surface area contributed by atoms with E-state index in [0.29, 0.717) is 13.2 Å². The summed E-state index contributed by atoms with van der Waals surface area (Å²) in [6, 6.07) is 4.61. The van der Waals surface area contributed by atoms with Gasteiger partial charge in [-0.1, -0.05) is 17.7 Å². The van der Waals surface area contributed by atoms with Crippen LogP contribution in [0.1, 0.15) is 28.7 Å². The van der Waals surface area contributed by atoms with Gasteiger partial charge in [-0.25, -0.2) is 0 Å². The van der Waals surface area contributed by atoms with E-state index >= 15 is 0 Å². The molecular weight excluding hydrogens is 340 g/mol. The van der Waals surface area contributed by atoms with E-state index in [1.165, 1.54) is 27.9 Å². The molecule has 0 spiro atoms. The van der Waals surface area contributed by atoms with E-state index in [1.54, 1.807) is 14.2 Å². The lowest BCUT2D eigenvalue weighted by Crippen LogP contribution is -2.31. The van der Waals surface area contributed by atoms with Gasteiger partial charge in [0.1, 0.15) is 5.82 Å². The fourth-order valence-electron chi connectivity index (χ4n) is 4.24. The van der Waals surface area contributed by atoms with Crippen molar-refractivity contribution in [3.05, 3.63) is 34.4 Å². The summed E-state index contributed by atoms with van der Waals surface area (Å²) in [5.41, 5.74) is 6.47. The largest absolute Gasteiger partial charge is 0.382 e. The number of fused-ring (bicyclic) bond motifs is 1. The molecule has 0 atom stereocenters. The third kappa shape index (κ3) is 3.96. The van der Waals surface area contributed by atoms with E-state index in [4.69, 9.17) is 14.6 Å². The van der Waals surface area contributed by atoms with Crippen molar-refractivity contribution < 1.29 is 9.47 Å². The van der Waals surface area contributed by atoms with E-state index in [-0.39, 0.29) is 6.04 Å². The van der Waals surface area contributed by atoms with Gasteiger partial charge in [-0.15, -0.1) is 0 Å². The molecule has 27 heavy (non-hydrogen) atoms. The Labute approximate surface area is 162 Å². The maximum absolute atomic E-state index is 5.34. The minimum Gasteiger partial charge on any atom is -0.382 e. The zero-order valence-corrected chi connectivity index (χ0v) is 17.4. The normalized spacial score (nSPS) is 14.0. The van der Waals surface area contributed by atoms with Crippen molar-refractivity contribution in [2.75, 3.05) is 44.2 Å². The monoisotopic (exact) mass is 372 g/mol. The van der Waals surface area contributed by atoms with Crippen LogP contribution in [0.25, 0.3) is 0 Å². The van der Waals surface area contributed by atoms with Crippen LogP contribution in [0.15, 0.2) is 12.1 Å². The number of aromatic nitrogens is 2. The van der Waals surface area contributed by atoms with Crippen LogP contribution in [-0.2, 0) is 22.9 Å². The number of nitrogens with zero attached hydrogens (tertiary/aromatic N) is 3. The van der Waals surface area contributed by atoms with Crippen molar-refractivity contribution in [3.8, 4) is 0 Å². The van der Waals surface area contributed by atoms with E-state index in [9.17, 15) is 0 Å². The van der Waals surface area contributed by atoms with Crippen LogP contribution in [0.3, 0.4) is 0 Å². The fraction of sp³-hybridized carbons (Fsp3) is 0.571. The quantitative estimate of drug-likeness (QED) is 0.806. The molecule has 148 valence electrons. The summed E-state index contributed by atoms with van der Waals surface area (Å²) < 4.78 is 12.6. The van der Waals surface area contributed by atoms with E-state index < -0.39 is 0 Å². The van der Waals surface area contributed by atoms with Crippen LogP contribution in [0.2, 0.25) is 0 Å². The predicted molar refractivity (Wildman–Crippen MR) is 110 cm³/mol. The molecule has 0 bridgehead atoms. The van der Waals surface area contributed by atoms with Crippen molar-refractivity contribution in [1.29, 1.82) is 0 Å². The Hall–Kier alpha value is -2.05. The molecule has 0 aliphatic carbocycles. The zero-order valence-electron chi connectivity index (χ0n) is 17.4. The lowest BCUT2D eigenvalue weighted by molar-refractivity contribution is 0.126. The number of ether oxygens (including phenoxy) is 2. The van der Waals surface area contributed by atoms with Gasteiger partial charge in [-0.05, 0) is 44.7 Å². The fourth-order valence-corrected chi connectivity index (χ4v) is 4.24. The molecule has 3 rings (SSSR count). The molecule has 0 saturated carbocycles. The first-order valence-corrected chi connectivity index (χ1v) is 9.62. The lowest BCUT2D eigenvalue weighted by atomic mass is 10.0. The summed E-state index contributed by atoms with van der Waals surface area (Å²) in [4.78, 5) is 2.38. The van der Waals surface area contributed by atoms with Crippen LogP contribution >= 0.6 is 0 Å². The Bertz CT molecular complexity index is 771. The van der Waals surface area contributed by atoms with E-state index in [0.717, 1.165) is 31.0 Å². The van der Waals surface area contributed by atoms with Gasteiger partial charge in [0.05, 0.1) is 19.3 Å². The number of anilines is 3. The van der Waals surface area contributed by atoms with Crippen LogP contribution in [0.5, 0.6) is 0 Å². The van der Waals surface area contributed by atoms with Gasteiger partial charge in [0.15, 0.2) is 5.82 Å². The van der Waals surface area contributed by atoms with Gasteiger partial charge in [0.2, 0.25) is 0 Å². The van der Waals surface area contributed by atoms with E-state index in [1.807, 2.05) is 11.7 Å². The lowest BCUT2D eigenvalue weighted by Gasteiger charge is -2.31. The SMILES string of the molecule is COCC(COC)Nc1c2c(nn1C)N(c1c(C)cc(C)cc1C)CCC2. The van der Waals surface area contributed by atoms with Crippen molar-refractivity contribution in [1.82, 2.24) is 9.78 Å². The molecule has 0 radical (unpaired) electrons. The summed E-state index contributed by atoms with van der Waals surface area (Å²) in [7, 11) is 5.44. The molecule has 2 aromatic rings. The van der Waals surface area contributed by atoms with Gasteiger partial charge in [0, 0.05) is 39.1 Å². The van der Waals surface area contributed by atoms with Gasteiger partial charge in [0.25, 0.3) is 0 Å². The summed E-state index contributed by atoms with van der Waals surface area (Å²) in [5, 5.41) is 8.48. The highest BCUT2D eigenvalue weighted by molar-refractivity contribution is 5.74. The van der Waals surface area contributed by atoms with Crippen LogP contribution < -0.4 is 10.2 Å². The molecule has 0 fully saturated rings. The molecular formula is C21H32N4O2. The van der Waals surface area contributed by atoms with E-state index in [2.05, 4.69) is 43.1 Å². The third-order valence-electron chi connectivity index (χ3n) is 5.17. The standard InChI is InChI=1S/C21H32N4O2/c1-14-10-15(2)19(16(3)11-14)25-9-7-8-18-20(24(4)23-21(18)25)22-17(12-26-5)13-27-6/h10-11,17,22H,7-9,12-13H2,1-6H3. The first kappa shape index (κ1) is 19.7. The maximum Gasteiger partial charge on any atom is 0.160 e. The van der Waals surface area contributed by atoms with Crippen molar-refractivity contribution in [3.63, 3.8) is 0 Å². The Kier molecular flexibility index (Phi) is 6.07. The topological polar surface area (TPSA) is 51.6 Å². The summed E-state index contributed by atoms with van der Waals surface area (Å²) >= 11 is 0. The second-order valence-electron chi connectivity index (χ2n) is 7.53. The van der Waals surface area contributed by atoms with Crippen molar-refractivity contribution in [2.45, 2.75) is 39.7 Å². The average Bonchev–Trinajstić information content (AvgIpc) is 2.91. The smallest absolute Gasteiger partial charge is 0.160 e. The molecule has 0 unspecified atom stereocenters. The van der Waals surface area contributed by atoms with Gasteiger partial charge in [-0.2, -0.15) is 5.10 Å². The highest BCUT2D eigenvalue weighted by Crippen LogP contribution is 2.39. The molecule has 0 saturated heterocycles. The highest BCUT2D eigenvalue weighted by atomic mass is 16.5. The number of aryl methyl sites for hydroxylation is 4. The molecule has 6 heteroatoms. The maximum atomic E-state index is 5.34. The predicted octanol–water partition coefficient (Wildman–Crippen LogP) is 3.50. The Morgan fingerprint density at radius 2 is 1.74 bits per heavy atom. The number of nitrogens with one attached hydrogen (secondary N) is 1. The summed E-state index contributed by atoms with van der Waals surface area (Å²) in [6.07, 6.45) is 2.14. The zero-order chi connectivity index (χ0) is 19.6. The minimum absolute atomic E-state index is 0.0951. The summed E-state index contributed by atoms with van der Waals surface area (Å²) in [6.45, 7) is 8.72. The molecule has 0 amide bonds. The number of benzene rings is 1. The number of hydrogen-bond donors (Lipinski definition) is 1. The molecule has 1 aromatic carbocycles. The minimum atomic E-state index is 0.0951. The Morgan fingerprint density at radius 1 is 1.11 bits per heavy atom. The Balaban J connectivity index is 1.98. The van der Waals surface area contributed by atoms with Gasteiger partial charge >= 0.3 is 0 Å². The molecule has 1 aliphatic heterocycles. The third-order valence-corrected chi connectivity index (χ3v) is 5.17.